The highest BCUT2D eigenvalue weighted by Gasteiger charge is 2.08. The molecule has 19 heavy (non-hydrogen) atoms. The second kappa shape index (κ2) is 6.01. The Balaban J connectivity index is 2.12. The molecular weight excluding hydrogens is 315 g/mol. The summed E-state index contributed by atoms with van der Waals surface area (Å²) in [4.78, 5) is 4.21. The fourth-order valence-corrected chi connectivity index (χ4v) is 2.07. The van der Waals surface area contributed by atoms with Crippen LogP contribution in [0.4, 0.5) is 10.1 Å². The lowest BCUT2D eigenvalue weighted by atomic mass is 10.3. The van der Waals surface area contributed by atoms with Crippen molar-refractivity contribution in [1.82, 2.24) is 14.8 Å². The minimum absolute atomic E-state index is 0.324. The number of hydrogen-bond donors (Lipinski definition) is 1. The molecule has 1 aromatic heterocycles. The Labute approximate surface area is 118 Å². The molecule has 0 atom stereocenters. The number of anilines is 1. The van der Waals surface area contributed by atoms with Gasteiger partial charge in [0.25, 0.3) is 0 Å². The zero-order valence-corrected chi connectivity index (χ0v) is 12.2. The summed E-state index contributed by atoms with van der Waals surface area (Å²) in [6.07, 6.45) is 0. The predicted octanol–water partition coefficient (Wildman–Crippen LogP) is 2.73. The number of hydrogen-bond acceptors (Lipinski definition) is 4. The van der Waals surface area contributed by atoms with Gasteiger partial charge in [-0.05, 0) is 35.0 Å². The molecule has 7 heteroatoms. The zero-order chi connectivity index (χ0) is 13.8. The number of aromatic nitrogens is 3. The first-order chi connectivity index (χ1) is 9.10. The maximum atomic E-state index is 13.2. The number of ether oxygens (including phenoxy) is 1. The van der Waals surface area contributed by atoms with E-state index >= 15 is 0 Å². The van der Waals surface area contributed by atoms with Crippen molar-refractivity contribution in [2.45, 2.75) is 13.5 Å². The first-order valence-electron chi connectivity index (χ1n) is 5.81. The molecule has 102 valence electrons. The molecule has 0 aliphatic heterocycles. The first kappa shape index (κ1) is 13.8. The van der Waals surface area contributed by atoms with Crippen LogP contribution in [0.3, 0.4) is 0 Å². The van der Waals surface area contributed by atoms with Crippen molar-refractivity contribution in [2.75, 3.05) is 11.9 Å². The molecule has 0 aliphatic carbocycles. The van der Waals surface area contributed by atoms with Gasteiger partial charge in [-0.3, -0.25) is 4.68 Å². The van der Waals surface area contributed by atoms with Crippen molar-refractivity contribution < 1.29 is 9.13 Å². The summed E-state index contributed by atoms with van der Waals surface area (Å²) in [5, 5.41) is 7.25. The monoisotopic (exact) mass is 328 g/mol. The van der Waals surface area contributed by atoms with Gasteiger partial charge in [0.1, 0.15) is 17.4 Å². The highest BCUT2D eigenvalue weighted by molar-refractivity contribution is 9.10. The zero-order valence-electron chi connectivity index (χ0n) is 10.7. The van der Waals surface area contributed by atoms with Crippen molar-refractivity contribution in [2.24, 2.45) is 7.05 Å². The molecule has 1 heterocycles. The van der Waals surface area contributed by atoms with Gasteiger partial charge in [0.2, 0.25) is 4.73 Å². The highest BCUT2D eigenvalue weighted by Crippen LogP contribution is 2.25. The smallest absolute Gasteiger partial charge is 0.217 e. The summed E-state index contributed by atoms with van der Waals surface area (Å²) in [6, 6.07) is 4.39. The van der Waals surface area contributed by atoms with Gasteiger partial charge in [-0.25, -0.2) is 9.37 Å². The van der Waals surface area contributed by atoms with Gasteiger partial charge in [0.15, 0.2) is 0 Å². The summed E-state index contributed by atoms with van der Waals surface area (Å²) < 4.78 is 20.8. The average Bonchev–Trinajstić information content (AvgIpc) is 2.67. The normalized spacial score (nSPS) is 10.5. The molecule has 0 spiro atoms. The Morgan fingerprint density at radius 1 is 1.47 bits per heavy atom. The van der Waals surface area contributed by atoms with Crippen LogP contribution in [0.25, 0.3) is 0 Å². The van der Waals surface area contributed by atoms with E-state index in [0.29, 0.717) is 23.6 Å². The van der Waals surface area contributed by atoms with Gasteiger partial charge in [0, 0.05) is 13.1 Å². The van der Waals surface area contributed by atoms with Gasteiger partial charge >= 0.3 is 0 Å². The molecule has 0 amide bonds. The molecule has 0 saturated heterocycles. The second-order valence-electron chi connectivity index (χ2n) is 3.85. The lowest BCUT2D eigenvalue weighted by Gasteiger charge is -2.12. The van der Waals surface area contributed by atoms with E-state index in [2.05, 4.69) is 31.3 Å². The molecule has 0 bridgehead atoms. The lowest BCUT2D eigenvalue weighted by molar-refractivity contribution is 0.339. The van der Waals surface area contributed by atoms with E-state index in [4.69, 9.17) is 4.74 Å². The van der Waals surface area contributed by atoms with E-state index < -0.39 is 0 Å². The molecule has 1 N–H and O–H groups in total. The third-order valence-electron chi connectivity index (χ3n) is 2.51. The van der Waals surface area contributed by atoms with E-state index in [9.17, 15) is 4.39 Å². The van der Waals surface area contributed by atoms with Crippen LogP contribution in [0.1, 0.15) is 12.7 Å². The van der Waals surface area contributed by atoms with Gasteiger partial charge in [-0.15, -0.1) is 5.10 Å². The maximum absolute atomic E-state index is 13.2. The standard InChI is InChI=1S/C12H14BrFN4O/c1-3-19-10-6-8(14)4-5-9(10)15-7-11-16-12(13)17-18(11)2/h4-6,15H,3,7H2,1-2H3. The van der Waals surface area contributed by atoms with Crippen molar-refractivity contribution >= 4 is 21.6 Å². The third-order valence-corrected chi connectivity index (χ3v) is 2.84. The maximum Gasteiger partial charge on any atom is 0.217 e. The second-order valence-corrected chi connectivity index (χ2v) is 4.56. The van der Waals surface area contributed by atoms with Gasteiger partial charge in [-0.2, -0.15) is 0 Å². The number of benzene rings is 1. The van der Waals surface area contributed by atoms with Crippen molar-refractivity contribution in [3.05, 3.63) is 34.6 Å². The van der Waals surface area contributed by atoms with Gasteiger partial charge in [0.05, 0.1) is 18.8 Å². The Morgan fingerprint density at radius 3 is 2.89 bits per heavy atom. The van der Waals surface area contributed by atoms with Crippen molar-refractivity contribution in [3.8, 4) is 5.75 Å². The Morgan fingerprint density at radius 2 is 2.26 bits per heavy atom. The number of nitrogens with one attached hydrogen (secondary N) is 1. The molecule has 0 aliphatic rings. The number of nitrogens with zero attached hydrogens (tertiary/aromatic N) is 3. The summed E-state index contributed by atoms with van der Waals surface area (Å²) in [5.41, 5.74) is 0.724. The summed E-state index contributed by atoms with van der Waals surface area (Å²) >= 11 is 3.21. The number of halogens is 2. The molecule has 1 aromatic carbocycles. The van der Waals surface area contributed by atoms with E-state index in [1.807, 2.05) is 14.0 Å². The minimum atomic E-state index is -0.324. The van der Waals surface area contributed by atoms with E-state index in [1.54, 1.807) is 10.7 Å². The SMILES string of the molecule is CCOc1cc(F)ccc1NCc1nc(Br)nn1C. The van der Waals surface area contributed by atoms with Crippen LogP contribution in [0.2, 0.25) is 0 Å². The molecule has 0 unspecified atom stereocenters. The van der Waals surface area contributed by atoms with Gasteiger partial charge < -0.3 is 10.1 Å². The summed E-state index contributed by atoms with van der Waals surface area (Å²) in [5.74, 6) is 0.929. The van der Waals surface area contributed by atoms with Crippen molar-refractivity contribution in [1.29, 1.82) is 0 Å². The van der Waals surface area contributed by atoms with Crippen LogP contribution in [0.5, 0.6) is 5.75 Å². The van der Waals surface area contributed by atoms with Gasteiger partial charge in [-0.1, -0.05) is 0 Å². The molecule has 2 aromatic rings. The average molecular weight is 329 g/mol. The lowest BCUT2D eigenvalue weighted by Crippen LogP contribution is -2.08. The Bertz CT molecular complexity index is 573. The fourth-order valence-electron chi connectivity index (χ4n) is 1.63. The summed E-state index contributed by atoms with van der Waals surface area (Å²) in [7, 11) is 1.81. The molecule has 0 radical (unpaired) electrons. The molecule has 5 nitrogen and oxygen atoms in total. The quantitative estimate of drug-likeness (QED) is 0.916. The number of aryl methyl sites for hydroxylation is 1. The van der Waals surface area contributed by atoms with Crippen LogP contribution in [-0.2, 0) is 13.6 Å². The first-order valence-corrected chi connectivity index (χ1v) is 6.61. The van der Waals surface area contributed by atoms with Crippen LogP contribution in [0, 0.1) is 5.82 Å². The fraction of sp³-hybridized carbons (Fsp3) is 0.333. The third kappa shape index (κ3) is 3.44. The Hall–Kier alpha value is -1.63. The predicted molar refractivity (Wildman–Crippen MR) is 73.6 cm³/mol. The molecular formula is C12H14BrFN4O. The summed E-state index contributed by atoms with van der Waals surface area (Å²) in [6.45, 7) is 2.81. The van der Waals surface area contributed by atoms with Crippen LogP contribution in [-0.4, -0.2) is 21.4 Å². The van der Waals surface area contributed by atoms with Crippen LogP contribution < -0.4 is 10.1 Å². The van der Waals surface area contributed by atoms with E-state index in [-0.39, 0.29) is 5.82 Å². The molecule has 0 fully saturated rings. The minimum Gasteiger partial charge on any atom is -0.492 e. The largest absolute Gasteiger partial charge is 0.492 e. The van der Waals surface area contributed by atoms with E-state index in [0.717, 1.165) is 11.5 Å². The van der Waals surface area contributed by atoms with E-state index in [1.165, 1.54) is 12.1 Å². The highest BCUT2D eigenvalue weighted by atomic mass is 79.9. The Kier molecular flexibility index (Phi) is 4.36. The van der Waals surface area contributed by atoms with Crippen molar-refractivity contribution in [3.63, 3.8) is 0 Å². The molecule has 2 rings (SSSR count). The number of rotatable bonds is 5. The molecule has 0 saturated carbocycles. The van der Waals surface area contributed by atoms with Crippen LogP contribution >= 0.6 is 15.9 Å². The topological polar surface area (TPSA) is 52.0 Å². The van der Waals surface area contributed by atoms with Crippen LogP contribution in [0.15, 0.2) is 22.9 Å².